The van der Waals surface area contributed by atoms with E-state index in [2.05, 4.69) is 27.2 Å². The third-order valence-corrected chi connectivity index (χ3v) is 5.53. The first kappa shape index (κ1) is 22.3. The maximum absolute atomic E-state index is 14.2. The number of ether oxygens (including phenoxy) is 2. The van der Waals surface area contributed by atoms with Gasteiger partial charge in [-0.15, -0.1) is 0 Å². The summed E-state index contributed by atoms with van der Waals surface area (Å²) in [5.74, 6) is -0.652. The van der Waals surface area contributed by atoms with Crippen LogP contribution in [0.1, 0.15) is 25.3 Å². The third kappa shape index (κ3) is 5.31. The Morgan fingerprint density at radius 1 is 1.19 bits per heavy atom. The van der Waals surface area contributed by atoms with Crippen molar-refractivity contribution in [2.24, 2.45) is 0 Å². The van der Waals surface area contributed by atoms with Gasteiger partial charge in [-0.2, -0.15) is 9.97 Å². The fourth-order valence-electron chi connectivity index (χ4n) is 3.66. The molecule has 0 atom stereocenters. The van der Waals surface area contributed by atoms with E-state index in [-0.39, 0.29) is 18.1 Å². The summed E-state index contributed by atoms with van der Waals surface area (Å²) in [7, 11) is 0. The minimum atomic E-state index is -0.604. The molecule has 3 heterocycles. The molecule has 0 unspecified atom stereocenters. The summed E-state index contributed by atoms with van der Waals surface area (Å²) in [5.41, 5.74) is 0.973. The van der Waals surface area contributed by atoms with Crippen LogP contribution in [0.15, 0.2) is 24.5 Å². The van der Waals surface area contributed by atoms with Gasteiger partial charge in [0.05, 0.1) is 45.8 Å². The van der Waals surface area contributed by atoms with E-state index in [9.17, 15) is 8.78 Å². The average Bonchev–Trinajstić information content (AvgIpc) is 3.20. The molecule has 0 bridgehead atoms. The molecule has 1 aliphatic heterocycles. The summed E-state index contributed by atoms with van der Waals surface area (Å²) in [4.78, 5) is 14.9. The highest BCUT2D eigenvalue weighted by molar-refractivity contribution is 5.83. The van der Waals surface area contributed by atoms with E-state index in [0.717, 1.165) is 45.7 Å². The van der Waals surface area contributed by atoms with Gasteiger partial charge in [0.1, 0.15) is 24.7 Å². The lowest BCUT2D eigenvalue weighted by molar-refractivity contribution is -0.906. The van der Waals surface area contributed by atoms with Crippen molar-refractivity contribution in [2.45, 2.75) is 26.3 Å². The Morgan fingerprint density at radius 2 is 1.97 bits per heavy atom. The number of hydrogen-bond acceptors (Lipinski definition) is 6. The highest BCUT2D eigenvalue weighted by atomic mass is 19.1. The zero-order valence-electron chi connectivity index (χ0n) is 18.2. The number of benzene rings is 1. The van der Waals surface area contributed by atoms with Crippen molar-refractivity contribution in [1.82, 2.24) is 19.5 Å². The number of hydrogen-bond donors (Lipinski definition) is 2. The van der Waals surface area contributed by atoms with Crippen LogP contribution in [0.25, 0.3) is 11.2 Å². The van der Waals surface area contributed by atoms with Crippen LogP contribution in [0, 0.1) is 11.6 Å². The van der Waals surface area contributed by atoms with Gasteiger partial charge in [0.25, 0.3) is 0 Å². The molecule has 1 fully saturated rings. The predicted molar refractivity (Wildman–Crippen MR) is 116 cm³/mol. The van der Waals surface area contributed by atoms with Crippen LogP contribution in [-0.4, -0.2) is 65.5 Å². The van der Waals surface area contributed by atoms with Crippen molar-refractivity contribution >= 4 is 17.0 Å². The van der Waals surface area contributed by atoms with Gasteiger partial charge in [-0.1, -0.05) is 19.4 Å². The monoisotopic (exact) mass is 447 g/mol. The molecule has 0 saturated carbocycles. The number of aromatic nitrogens is 4. The quantitative estimate of drug-likeness (QED) is 0.461. The summed E-state index contributed by atoms with van der Waals surface area (Å²) in [6.07, 6.45) is 3.39. The van der Waals surface area contributed by atoms with E-state index in [1.807, 2.05) is 0 Å². The Hall–Kier alpha value is -2.85. The van der Waals surface area contributed by atoms with E-state index in [1.54, 1.807) is 4.57 Å². The number of nitrogens with one attached hydrogen (secondary N) is 2. The molecule has 8 nitrogen and oxygen atoms in total. The minimum absolute atomic E-state index is 0.0300. The van der Waals surface area contributed by atoms with Gasteiger partial charge in [-0.25, -0.2) is 13.8 Å². The molecule has 0 amide bonds. The molecule has 4 rings (SSSR count). The molecule has 32 heavy (non-hydrogen) atoms. The second-order valence-corrected chi connectivity index (χ2v) is 7.84. The lowest BCUT2D eigenvalue weighted by Crippen LogP contribution is -3.14. The summed E-state index contributed by atoms with van der Waals surface area (Å²) in [6.45, 7) is 7.68. The molecule has 172 valence electrons. The number of imidazole rings is 1. The molecule has 0 aliphatic carbocycles. The largest absolute Gasteiger partial charge is 0.463 e. The summed E-state index contributed by atoms with van der Waals surface area (Å²) in [6, 6.07) is 4.06. The Balaban J connectivity index is 1.58. The first-order chi connectivity index (χ1) is 15.7. The Labute approximate surface area is 185 Å². The smallest absolute Gasteiger partial charge is 0.320 e. The molecule has 0 spiro atoms. The molecular weight excluding hydrogens is 418 g/mol. The van der Waals surface area contributed by atoms with Crippen LogP contribution in [0.4, 0.5) is 14.6 Å². The fraction of sp³-hybridized carbons (Fsp3) is 0.500. The number of nitrogens with zero attached hydrogens (tertiary/aromatic N) is 4. The van der Waals surface area contributed by atoms with Gasteiger partial charge in [0, 0.05) is 5.56 Å². The van der Waals surface area contributed by atoms with Crippen LogP contribution < -0.4 is 15.0 Å². The molecule has 1 aromatic carbocycles. The Bertz CT molecular complexity index is 1020. The number of halogens is 2. The van der Waals surface area contributed by atoms with Crippen molar-refractivity contribution < 1.29 is 23.2 Å². The number of morpholine rings is 1. The zero-order valence-corrected chi connectivity index (χ0v) is 18.2. The van der Waals surface area contributed by atoms with E-state index in [0.29, 0.717) is 30.1 Å². The van der Waals surface area contributed by atoms with Crippen LogP contribution in [0.3, 0.4) is 0 Å². The lowest BCUT2D eigenvalue weighted by atomic mass is 10.2. The third-order valence-electron chi connectivity index (χ3n) is 5.53. The van der Waals surface area contributed by atoms with Gasteiger partial charge in [0.15, 0.2) is 17.0 Å². The topological polar surface area (TPSA) is 78.5 Å². The number of fused-ring (bicyclic) bond motifs is 1. The number of unbranched alkanes of at least 4 members (excludes halogenated alkanes) is 1. The molecule has 1 saturated heterocycles. The van der Waals surface area contributed by atoms with E-state index < -0.39 is 11.6 Å². The van der Waals surface area contributed by atoms with Gasteiger partial charge in [-0.3, -0.25) is 0 Å². The Kier molecular flexibility index (Phi) is 7.43. The average molecular weight is 448 g/mol. The lowest BCUT2D eigenvalue weighted by Gasteiger charge is -2.23. The first-order valence-electron chi connectivity index (χ1n) is 11.1. The van der Waals surface area contributed by atoms with Gasteiger partial charge < -0.3 is 24.3 Å². The first-order valence-corrected chi connectivity index (χ1v) is 11.1. The molecule has 1 aliphatic rings. The van der Waals surface area contributed by atoms with Crippen LogP contribution in [0.5, 0.6) is 6.01 Å². The molecule has 10 heteroatoms. The number of quaternary nitrogens is 1. The normalized spacial score (nSPS) is 14.7. The van der Waals surface area contributed by atoms with Crippen molar-refractivity contribution in [3.63, 3.8) is 0 Å². The van der Waals surface area contributed by atoms with Crippen LogP contribution >= 0.6 is 0 Å². The maximum atomic E-state index is 14.2. The van der Waals surface area contributed by atoms with Gasteiger partial charge in [0.2, 0.25) is 0 Å². The molecule has 0 radical (unpaired) electrons. The highest BCUT2D eigenvalue weighted by Crippen LogP contribution is 2.23. The predicted octanol–water partition coefficient (Wildman–Crippen LogP) is 1.66. The van der Waals surface area contributed by atoms with Crippen LogP contribution in [0.2, 0.25) is 0 Å². The molecular formula is C22H29F2N6O2+. The van der Waals surface area contributed by atoms with Crippen molar-refractivity contribution in [2.75, 3.05) is 51.3 Å². The molecule has 2 aromatic heterocycles. The van der Waals surface area contributed by atoms with E-state index in [4.69, 9.17) is 9.47 Å². The van der Waals surface area contributed by atoms with E-state index >= 15 is 0 Å². The molecule has 2 N–H and O–H groups in total. The van der Waals surface area contributed by atoms with Crippen molar-refractivity contribution in [3.05, 3.63) is 41.7 Å². The second kappa shape index (κ2) is 10.6. The highest BCUT2D eigenvalue weighted by Gasteiger charge is 2.18. The number of anilines is 1. The molecule has 3 aromatic rings. The fourth-order valence-corrected chi connectivity index (χ4v) is 3.66. The second-order valence-electron chi connectivity index (χ2n) is 7.84. The van der Waals surface area contributed by atoms with Crippen molar-refractivity contribution in [3.8, 4) is 6.01 Å². The number of rotatable bonds is 10. The summed E-state index contributed by atoms with van der Waals surface area (Å²) in [5, 5.41) is 3.35. The van der Waals surface area contributed by atoms with Gasteiger partial charge in [-0.05, 0) is 18.6 Å². The Morgan fingerprint density at radius 3 is 2.72 bits per heavy atom. The summed E-state index contributed by atoms with van der Waals surface area (Å²) >= 11 is 0. The van der Waals surface area contributed by atoms with E-state index in [1.165, 1.54) is 29.4 Å². The summed E-state index contributed by atoms with van der Waals surface area (Å²) < 4.78 is 41.2. The standard InChI is InChI=1S/C22H28F2N6O2/c1-2-3-11-32-22-27-20(25-7-8-29-9-12-31-13-10-29)19-21(28-22)30(15-26-19)14-16-17(23)5-4-6-18(16)24/h4-6,15H,2-3,7-14H2,1H3,(H,25,27,28)/p+1. The SMILES string of the molecule is CCCCOc1nc(NCC[NH+]2CCOCC2)c2ncn(Cc3c(F)cccc3F)c2n1. The zero-order chi connectivity index (χ0) is 22.3. The van der Waals surface area contributed by atoms with Gasteiger partial charge >= 0.3 is 6.01 Å². The van der Waals surface area contributed by atoms with Crippen molar-refractivity contribution in [1.29, 1.82) is 0 Å². The maximum Gasteiger partial charge on any atom is 0.320 e. The minimum Gasteiger partial charge on any atom is -0.463 e. The van der Waals surface area contributed by atoms with Crippen LogP contribution in [-0.2, 0) is 11.3 Å².